The third kappa shape index (κ3) is 16.4. The molecule has 0 heterocycles. The molecule has 5 N–H and O–H groups in total. The van der Waals surface area contributed by atoms with Crippen LogP contribution >= 0.6 is 0 Å². The molecule has 5 heteroatoms. The normalized spacial score (nSPS) is 12.2. The summed E-state index contributed by atoms with van der Waals surface area (Å²) in [5, 5.41) is 40.5. The van der Waals surface area contributed by atoms with Crippen molar-refractivity contribution in [1.29, 1.82) is 0 Å². The van der Waals surface area contributed by atoms with Gasteiger partial charge in [-0.15, -0.1) is 0 Å². The van der Waals surface area contributed by atoms with Gasteiger partial charge in [-0.3, -0.25) is 0 Å². The maximum Gasteiger partial charge on any atom is 0.100 e. The minimum absolute atomic E-state index is 0.0810. The van der Waals surface area contributed by atoms with E-state index in [1.165, 1.54) is 0 Å². The average Bonchev–Trinajstić information content (AvgIpc) is 2.04. The van der Waals surface area contributed by atoms with Crippen LogP contribution in [0, 0.1) is 0 Å². The van der Waals surface area contributed by atoms with Crippen LogP contribution in [0.1, 0.15) is 13.3 Å². The van der Waals surface area contributed by atoms with Crippen LogP contribution in [0.4, 0.5) is 0 Å². The summed E-state index contributed by atoms with van der Waals surface area (Å²) in [4.78, 5) is 0. The van der Waals surface area contributed by atoms with Crippen molar-refractivity contribution in [3.8, 4) is 0 Å². The van der Waals surface area contributed by atoms with Gasteiger partial charge in [-0.2, -0.15) is 0 Å². The summed E-state index contributed by atoms with van der Waals surface area (Å²) >= 11 is 0. The highest BCUT2D eigenvalue weighted by Gasteiger charge is 1.93. The van der Waals surface area contributed by atoms with Gasteiger partial charge in [0.15, 0.2) is 0 Å². The molecule has 12 heavy (non-hydrogen) atoms. The minimum Gasteiger partial charge on any atom is -0.396 e. The third-order valence-electron chi connectivity index (χ3n) is 0.968. The molecule has 0 bridgehead atoms. The number of aliphatic hydroxyl groups is 5. The van der Waals surface area contributed by atoms with Gasteiger partial charge in [0.2, 0.25) is 0 Å². The molecule has 0 aromatic rings. The van der Waals surface area contributed by atoms with E-state index < -0.39 is 6.10 Å². The molecule has 0 aliphatic rings. The summed E-state index contributed by atoms with van der Waals surface area (Å²) in [5.41, 5.74) is 0. The Bertz CT molecular complexity index is 72.2. The highest BCUT2D eigenvalue weighted by Crippen LogP contribution is 1.83. The van der Waals surface area contributed by atoms with E-state index in [1.54, 1.807) is 6.92 Å². The fraction of sp³-hybridized carbons (Fsp3) is 1.00. The lowest BCUT2D eigenvalue weighted by Gasteiger charge is -1.96. The summed E-state index contributed by atoms with van der Waals surface area (Å²) in [6.07, 6.45) is -0.819. The fourth-order valence-electron chi connectivity index (χ4n) is 0.245. The fourth-order valence-corrected chi connectivity index (χ4v) is 0.245. The summed E-state index contributed by atoms with van der Waals surface area (Å²) in [5.74, 6) is 0. The second-order valence-corrected chi connectivity index (χ2v) is 2.38. The molecule has 1 unspecified atom stereocenters. The molecule has 0 rings (SSSR count). The number of hydrogen-bond acceptors (Lipinski definition) is 5. The zero-order chi connectivity index (χ0) is 9.98. The maximum absolute atomic E-state index is 8.39. The number of rotatable bonds is 4. The third-order valence-corrected chi connectivity index (χ3v) is 0.968. The van der Waals surface area contributed by atoms with Gasteiger partial charge in [-0.25, -0.2) is 0 Å². The Balaban J connectivity index is 0. The molecular formula is C7H18O5. The summed E-state index contributed by atoms with van der Waals surface area (Å²) in [6.45, 7) is 1.00. The van der Waals surface area contributed by atoms with Crippen molar-refractivity contribution >= 4 is 0 Å². The molecule has 0 saturated heterocycles. The average molecular weight is 182 g/mol. The van der Waals surface area contributed by atoms with Crippen LogP contribution in [0.5, 0.6) is 0 Å². The monoisotopic (exact) mass is 182 g/mol. The Hall–Kier alpha value is -0.200. The first-order chi connectivity index (χ1) is 5.58. The Kier molecular flexibility index (Phi) is 12.9. The Morgan fingerprint density at radius 3 is 1.42 bits per heavy atom. The standard InChI is InChI=1S/C4H10O2.C3H8O3/c1-4(6)2-3-5;4-1-3(6)2-5/h4-6H,2-3H2,1H3;3-6H,1-2H2. The predicted octanol–water partition coefficient (Wildman–Crippen LogP) is -1.92. The van der Waals surface area contributed by atoms with E-state index >= 15 is 0 Å². The van der Waals surface area contributed by atoms with E-state index in [0.29, 0.717) is 6.42 Å². The number of hydrogen-bond donors (Lipinski definition) is 5. The molecule has 0 spiro atoms. The SMILES string of the molecule is CC(O)CCO.OCC(O)CO. The molecule has 0 aliphatic carbocycles. The minimum atomic E-state index is -0.954. The molecule has 0 saturated carbocycles. The lowest BCUT2D eigenvalue weighted by molar-refractivity contribution is 0.0450. The quantitative estimate of drug-likeness (QED) is 0.349. The number of aliphatic hydroxyl groups excluding tert-OH is 5. The highest BCUT2D eigenvalue weighted by molar-refractivity contribution is 4.44. The van der Waals surface area contributed by atoms with Crippen molar-refractivity contribution in [3.05, 3.63) is 0 Å². The molecular weight excluding hydrogens is 164 g/mol. The molecule has 1 atom stereocenters. The van der Waals surface area contributed by atoms with Crippen molar-refractivity contribution in [2.75, 3.05) is 19.8 Å². The molecule has 5 nitrogen and oxygen atoms in total. The van der Waals surface area contributed by atoms with Crippen molar-refractivity contribution in [3.63, 3.8) is 0 Å². The van der Waals surface area contributed by atoms with Crippen LogP contribution in [-0.2, 0) is 0 Å². The van der Waals surface area contributed by atoms with Crippen molar-refractivity contribution in [2.45, 2.75) is 25.6 Å². The molecule has 0 amide bonds. The van der Waals surface area contributed by atoms with Gasteiger partial charge in [-0.05, 0) is 13.3 Å². The summed E-state index contributed by atoms with van der Waals surface area (Å²) < 4.78 is 0. The van der Waals surface area contributed by atoms with E-state index in [2.05, 4.69) is 0 Å². The van der Waals surface area contributed by atoms with Gasteiger partial charge in [0, 0.05) is 6.61 Å². The second-order valence-electron chi connectivity index (χ2n) is 2.38. The van der Waals surface area contributed by atoms with Crippen LogP contribution in [0.25, 0.3) is 0 Å². The summed E-state index contributed by atoms with van der Waals surface area (Å²) in [6, 6.07) is 0. The maximum atomic E-state index is 8.39. The highest BCUT2D eigenvalue weighted by atomic mass is 16.3. The van der Waals surface area contributed by atoms with Crippen LogP contribution in [-0.4, -0.2) is 57.6 Å². The van der Waals surface area contributed by atoms with Gasteiger partial charge >= 0.3 is 0 Å². The second kappa shape index (κ2) is 10.8. The zero-order valence-corrected chi connectivity index (χ0v) is 7.22. The van der Waals surface area contributed by atoms with E-state index in [-0.39, 0.29) is 25.9 Å². The lowest BCUT2D eigenvalue weighted by Crippen LogP contribution is -2.15. The van der Waals surface area contributed by atoms with E-state index in [0.717, 1.165) is 0 Å². The van der Waals surface area contributed by atoms with Gasteiger partial charge in [0.25, 0.3) is 0 Å². The Morgan fingerprint density at radius 2 is 1.42 bits per heavy atom. The van der Waals surface area contributed by atoms with Gasteiger partial charge in [0.05, 0.1) is 19.3 Å². The van der Waals surface area contributed by atoms with Crippen LogP contribution < -0.4 is 0 Å². The van der Waals surface area contributed by atoms with Gasteiger partial charge in [-0.1, -0.05) is 0 Å². The van der Waals surface area contributed by atoms with Crippen LogP contribution in [0.3, 0.4) is 0 Å². The summed E-state index contributed by atoms with van der Waals surface area (Å²) in [7, 11) is 0. The zero-order valence-electron chi connectivity index (χ0n) is 7.22. The van der Waals surface area contributed by atoms with Gasteiger partial charge < -0.3 is 25.5 Å². The van der Waals surface area contributed by atoms with Crippen molar-refractivity contribution < 1.29 is 25.5 Å². The molecule has 0 aliphatic heterocycles. The Morgan fingerprint density at radius 1 is 1.00 bits per heavy atom. The molecule has 0 radical (unpaired) electrons. The molecule has 0 fully saturated rings. The van der Waals surface area contributed by atoms with Gasteiger partial charge in [0.1, 0.15) is 6.10 Å². The van der Waals surface area contributed by atoms with E-state index in [1.807, 2.05) is 0 Å². The largest absolute Gasteiger partial charge is 0.396 e. The van der Waals surface area contributed by atoms with Crippen LogP contribution in [0.15, 0.2) is 0 Å². The first kappa shape index (κ1) is 14.3. The lowest BCUT2D eigenvalue weighted by atomic mass is 10.3. The first-order valence-electron chi connectivity index (χ1n) is 3.77. The van der Waals surface area contributed by atoms with E-state index in [9.17, 15) is 0 Å². The molecule has 76 valence electrons. The van der Waals surface area contributed by atoms with Crippen molar-refractivity contribution in [1.82, 2.24) is 0 Å². The predicted molar refractivity (Wildman–Crippen MR) is 43.6 cm³/mol. The smallest absolute Gasteiger partial charge is 0.100 e. The van der Waals surface area contributed by atoms with Crippen LogP contribution in [0.2, 0.25) is 0 Å². The van der Waals surface area contributed by atoms with Crippen molar-refractivity contribution in [2.24, 2.45) is 0 Å². The molecule has 0 aromatic carbocycles. The Labute approximate surface area is 71.9 Å². The first-order valence-corrected chi connectivity index (χ1v) is 3.77. The van der Waals surface area contributed by atoms with E-state index in [4.69, 9.17) is 25.5 Å². The molecule has 0 aromatic heterocycles. The topological polar surface area (TPSA) is 101 Å².